The number of sulfonamides is 2. The van der Waals surface area contributed by atoms with Crippen LogP contribution in [0.3, 0.4) is 0 Å². The van der Waals surface area contributed by atoms with Crippen LogP contribution in [0.5, 0.6) is 0 Å². The first-order valence-electron chi connectivity index (χ1n) is 8.27. The summed E-state index contributed by atoms with van der Waals surface area (Å²) in [5.74, 6) is 0. The Morgan fingerprint density at radius 1 is 0.643 bits per heavy atom. The molecule has 2 rings (SSSR count). The van der Waals surface area contributed by atoms with Gasteiger partial charge in [-0.15, -0.1) is 0 Å². The lowest BCUT2D eigenvalue weighted by Crippen LogP contribution is -2.24. The van der Waals surface area contributed by atoms with Gasteiger partial charge < -0.3 is 0 Å². The summed E-state index contributed by atoms with van der Waals surface area (Å²) < 4.78 is 48.9. The second-order valence-corrected chi connectivity index (χ2v) is 9.53. The molecule has 0 bridgehead atoms. The highest BCUT2D eigenvalue weighted by Gasteiger charge is 2.14. The Morgan fingerprint density at radius 3 is 1.21 bits per heavy atom. The Hall–Kier alpha value is -2.72. The molecule has 2 aromatic rings. The van der Waals surface area contributed by atoms with Gasteiger partial charge in [-0.1, -0.05) is 35.4 Å². The third-order valence-electron chi connectivity index (χ3n) is 3.85. The van der Waals surface area contributed by atoms with Crippen molar-refractivity contribution in [2.24, 2.45) is 10.2 Å². The first-order chi connectivity index (χ1) is 13.0. The fourth-order valence-electron chi connectivity index (χ4n) is 1.96. The van der Waals surface area contributed by atoms with Crippen LogP contribution in [0.1, 0.15) is 25.0 Å². The van der Waals surface area contributed by atoms with Crippen LogP contribution >= 0.6 is 0 Å². The van der Waals surface area contributed by atoms with Gasteiger partial charge in [-0.25, -0.2) is 0 Å². The van der Waals surface area contributed by atoms with Crippen LogP contribution in [0.25, 0.3) is 0 Å². The summed E-state index contributed by atoms with van der Waals surface area (Å²) in [5.41, 5.74) is 2.29. The summed E-state index contributed by atoms with van der Waals surface area (Å²) in [4.78, 5) is 4.37. The lowest BCUT2D eigenvalue weighted by Gasteiger charge is -2.07. The molecule has 28 heavy (non-hydrogen) atoms. The lowest BCUT2D eigenvalue weighted by molar-refractivity contribution is 0.582. The maximum absolute atomic E-state index is 12.2. The van der Waals surface area contributed by atoms with Crippen molar-refractivity contribution in [1.82, 2.24) is 9.66 Å². The third kappa shape index (κ3) is 5.64. The number of hydrogen-bond acceptors (Lipinski definition) is 6. The molecule has 0 radical (unpaired) electrons. The molecule has 0 unspecified atom stereocenters. The van der Waals surface area contributed by atoms with E-state index < -0.39 is 20.0 Å². The number of hydrogen-bond donors (Lipinski definition) is 2. The molecule has 0 saturated heterocycles. The number of rotatable bonds is 7. The maximum Gasteiger partial charge on any atom is 0.276 e. The van der Waals surface area contributed by atoms with Gasteiger partial charge in [0, 0.05) is 0 Å². The van der Waals surface area contributed by atoms with Crippen molar-refractivity contribution in [3.8, 4) is 0 Å². The lowest BCUT2D eigenvalue weighted by atomic mass is 10.2. The Kier molecular flexibility index (Phi) is 6.57. The highest BCUT2D eigenvalue weighted by molar-refractivity contribution is 7.89. The number of benzene rings is 2. The largest absolute Gasteiger partial charge is 0.276 e. The van der Waals surface area contributed by atoms with E-state index in [2.05, 4.69) is 19.9 Å². The van der Waals surface area contributed by atoms with E-state index in [9.17, 15) is 16.8 Å². The number of hydrazone groups is 2. The van der Waals surface area contributed by atoms with Crippen LogP contribution in [0.2, 0.25) is 0 Å². The van der Waals surface area contributed by atoms with E-state index in [1.807, 2.05) is 13.8 Å². The highest BCUT2D eigenvalue weighted by Crippen LogP contribution is 2.11. The fourth-order valence-corrected chi connectivity index (χ4v) is 3.67. The van der Waals surface area contributed by atoms with E-state index in [1.165, 1.54) is 38.1 Å². The van der Waals surface area contributed by atoms with Crippen LogP contribution in [0, 0.1) is 13.8 Å². The molecule has 150 valence electrons. The van der Waals surface area contributed by atoms with Crippen LogP contribution < -0.4 is 9.66 Å². The molecule has 2 aromatic carbocycles. The average Bonchev–Trinajstić information content (AvgIpc) is 2.65. The van der Waals surface area contributed by atoms with Crippen LogP contribution in [0.15, 0.2) is 68.5 Å². The molecule has 10 heteroatoms. The summed E-state index contributed by atoms with van der Waals surface area (Å²) in [5, 5.41) is 7.59. The number of aryl methyl sites for hydroxylation is 2. The second-order valence-electron chi connectivity index (χ2n) is 6.21. The van der Waals surface area contributed by atoms with Crippen molar-refractivity contribution < 1.29 is 16.8 Å². The van der Waals surface area contributed by atoms with Gasteiger partial charge in [-0.2, -0.15) is 36.7 Å². The maximum atomic E-state index is 12.2. The molecule has 0 aliphatic carbocycles. The predicted octanol–water partition coefficient (Wildman–Crippen LogP) is 2.31. The summed E-state index contributed by atoms with van der Waals surface area (Å²) in [6, 6.07) is 12.6. The Labute approximate surface area is 165 Å². The van der Waals surface area contributed by atoms with Crippen LogP contribution in [-0.4, -0.2) is 28.3 Å². The van der Waals surface area contributed by atoms with Crippen molar-refractivity contribution >= 4 is 31.5 Å². The molecular formula is C18H22N4O4S2. The molecule has 0 aliphatic rings. The SMILES string of the molecule is CC(=N/NS(=O)(=O)c1ccc(C)cc1)/C(C)=N\NS(=O)(=O)c1ccc(C)cc1. The molecule has 0 saturated carbocycles. The Balaban J connectivity index is 2.11. The quantitative estimate of drug-likeness (QED) is 0.526. The van der Waals surface area contributed by atoms with Crippen molar-refractivity contribution in [2.45, 2.75) is 37.5 Å². The zero-order chi connectivity index (χ0) is 20.9. The zero-order valence-corrected chi connectivity index (χ0v) is 17.6. The molecule has 0 aliphatic heterocycles. The van der Waals surface area contributed by atoms with Gasteiger partial charge >= 0.3 is 0 Å². The van der Waals surface area contributed by atoms with Crippen molar-refractivity contribution in [1.29, 1.82) is 0 Å². The van der Waals surface area contributed by atoms with Gasteiger partial charge in [0.2, 0.25) is 0 Å². The van der Waals surface area contributed by atoms with E-state index in [0.29, 0.717) is 0 Å². The third-order valence-corrected chi connectivity index (χ3v) is 6.30. The van der Waals surface area contributed by atoms with Crippen molar-refractivity contribution in [3.05, 3.63) is 59.7 Å². The van der Waals surface area contributed by atoms with E-state index in [-0.39, 0.29) is 21.2 Å². The molecule has 8 nitrogen and oxygen atoms in total. The highest BCUT2D eigenvalue weighted by atomic mass is 32.2. The molecule has 0 atom stereocenters. The summed E-state index contributed by atoms with van der Waals surface area (Å²) in [6.07, 6.45) is 0. The van der Waals surface area contributed by atoms with E-state index in [0.717, 1.165) is 11.1 Å². The first-order valence-corrected chi connectivity index (χ1v) is 11.2. The fraction of sp³-hybridized carbons (Fsp3) is 0.222. The minimum absolute atomic E-state index is 0.0734. The predicted molar refractivity (Wildman–Crippen MR) is 109 cm³/mol. The molecule has 0 heterocycles. The Bertz CT molecular complexity index is 1010. The monoisotopic (exact) mass is 422 g/mol. The van der Waals surface area contributed by atoms with E-state index in [4.69, 9.17) is 0 Å². The van der Waals surface area contributed by atoms with E-state index >= 15 is 0 Å². The molecule has 0 amide bonds. The summed E-state index contributed by atoms with van der Waals surface area (Å²) in [7, 11) is -7.65. The van der Waals surface area contributed by atoms with Crippen LogP contribution in [0.4, 0.5) is 0 Å². The molecular weight excluding hydrogens is 400 g/mol. The topological polar surface area (TPSA) is 117 Å². The van der Waals surface area contributed by atoms with Crippen LogP contribution in [-0.2, 0) is 20.0 Å². The Morgan fingerprint density at radius 2 is 0.929 bits per heavy atom. The molecule has 0 fully saturated rings. The number of nitrogens with one attached hydrogen (secondary N) is 2. The van der Waals surface area contributed by atoms with Gasteiger partial charge in [0.1, 0.15) is 0 Å². The van der Waals surface area contributed by atoms with Crippen molar-refractivity contribution in [2.75, 3.05) is 0 Å². The van der Waals surface area contributed by atoms with Gasteiger partial charge in [0.25, 0.3) is 20.0 Å². The average molecular weight is 423 g/mol. The van der Waals surface area contributed by atoms with Gasteiger partial charge in [-0.3, -0.25) is 0 Å². The molecule has 2 N–H and O–H groups in total. The minimum Gasteiger partial charge on any atom is -0.200 e. The number of nitrogens with zero attached hydrogens (tertiary/aromatic N) is 2. The second kappa shape index (κ2) is 8.53. The molecule has 0 aromatic heterocycles. The normalized spacial score (nSPS) is 13.3. The minimum atomic E-state index is -3.83. The van der Waals surface area contributed by atoms with E-state index in [1.54, 1.807) is 24.3 Å². The molecule has 0 spiro atoms. The smallest absolute Gasteiger partial charge is 0.200 e. The van der Waals surface area contributed by atoms with Gasteiger partial charge in [-0.05, 0) is 52.0 Å². The summed E-state index contributed by atoms with van der Waals surface area (Å²) in [6.45, 7) is 6.72. The van der Waals surface area contributed by atoms with Crippen molar-refractivity contribution in [3.63, 3.8) is 0 Å². The summed E-state index contributed by atoms with van der Waals surface area (Å²) >= 11 is 0. The first kappa shape index (κ1) is 21.6. The zero-order valence-electron chi connectivity index (χ0n) is 16.0. The standard InChI is InChI=1S/C18H22N4O4S2/c1-13-5-9-17(10-6-13)27(23,24)21-19-15(3)16(4)20-22-28(25,26)18-11-7-14(2)8-12-18/h5-12,21-22H,1-4H3/b19-15-,20-16-. The van der Waals surface area contributed by atoms with Gasteiger partial charge in [0.05, 0.1) is 21.2 Å². The van der Waals surface area contributed by atoms with Gasteiger partial charge in [0.15, 0.2) is 0 Å².